The molecule has 0 unspecified atom stereocenters. The second kappa shape index (κ2) is 11.1. The van der Waals surface area contributed by atoms with E-state index in [0.717, 1.165) is 49.9 Å². The van der Waals surface area contributed by atoms with Crippen LogP contribution in [-0.2, 0) is 11.3 Å². The van der Waals surface area contributed by atoms with Crippen LogP contribution < -0.4 is 15.4 Å². The van der Waals surface area contributed by atoms with E-state index in [9.17, 15) is 4.79 Å². The molecule has 140 valence electrons. The molecule has 0 aliphatic carbocycles. The maximum atomic E-state index is 12.2. The van der Waals surface area contributed by atoms with Crippen molar-refractivity contribution >= 4 is 5.91 Å². The van der Waals surface area contributed by atoms with Gasteiger partial charge in [0.05, 0.1) is 13.2 Å². The van der Waals surface area contributed by atoms with Gasteiger partial charge in [0.15, 0.2) is 0 Å². The summed E-state index contributed by atoms with van der Waals surface area (Å²) in [7, 11) is 2.01. The van der Waals surface area contributed by atoms with E-state index in [1.165, 1.54) is 19.3 Å². The van der Waals surface area contributed by atoms with E-state index in [0.29, 0.717) is 13.1 Å². The van der Waals surface area contributed by atoms with Crippen LogP contribution in [0.1, 0.15) is 38.2 Å². The van der Waals surface area contributed by atoms with Crippen molar-refractivity contribution in [1.82, 2.24) is 15.5 Å². The third kappa shape index (κ3) is 7.45. The summed E-state index contributed by atoms with van der Waals surface area (Å²) in [5.41, 5.74) is 1.08. The van der Waals surface area contributed by atoms with E-state index in [2.05, 4.69) is 22.5 Å². The number of carbonyl (C=O) groups excluding carboxylic acids is 1. The van der Waals surface area contributed by atoms with E-state index in [-0.39, 0.29) is 5.91 Å². The number of ether oxygens (including phenoxy) is 1. The maximum absolute atomic E-state index is 12.2. The fraction of sp³-hybridized carbons (Fsp3) is 0.650. The molecule has 0 radical (unpaired) electrons. The highest BCUT2D eigenvalue weighted by molar-refractivity contribution is 5.78. The van der Waals surface area contributed by atoms with E-state index < -0.39 is 0 Å². The number of nitrogens with one attached hydrogen (secondary N) is 2. The molecule has 5 heteroatoms. The van der Waals surface area contributed by atoms with E-state index in [1.54, 1.807) is 0 Å². The molecule has 25 heavy (non-hydrogen) atoms. The Morgan fingerprint density at radius 1 is 1.32 bits per heavy atom. The number of amides is 1. The number of likely N-dealkylation sites (tertiary alicyclic amines) is 1. The van der Waals surface area contributed by atoms with Crippen LogP contribution in [0.2, 0.25) is 0 Å². The van der Waals surface area contributed by atoms with E-state index in [1.807, 2.05) is 31.3 Å². The molecule has 0 aromatic heterocycles. The van der Waals surface area contributed by atoms with Crippen molar-refractivity contribution in [3.8, 4) is 5.75 Å². The first-order valence-corrected chi connectivity index (χ1v) is 9.56. The standard InChI is InChI=1S/C20H33N3O2/c1-3-13-25-19-6-4-5-18(14-19)15-22-20(24)16-23-11-8-17(9-12-23)7-10-21-2/h4-6,14,17,21H,3,7-13,15-16H2,1-2H3,(H,22,24). The lowest BCUT2D eigenvalue weighted by Crippen LogP contribution is -2.41. The highest BCUT2D eigenvalue weighted by atomic mass is 16.5. The van der Waals surface area contributed by atoms with Crippen LogP contribution in [0, 0.1) is 5.92 Å². The fourth-order valence-electron chi connectivity index (χ4n) is 3.21. The van der Waals surface area contributed by atoms with E-state index >= 15 is 0 Å². The highest BCUT2D eigenvalue weighted by Crippen LogP contribution is 2.19. The van der Waals surface area contributed by atoms with Crippen LogP contribution in [0.4, 0.5) is 0 Å². The third-order valence-corrected chi connectivity index (χ3v) is 4.74. The Morgan fingerprint density at radius 2 is 2.12 bits per heavy atom. The maximum Gasteiger partial charge on any atom is 0.234 e. The average Bonchev–Trinajstić information content (AvgIpc) is 2.64. The second-order valence-corrected chi connectivity index (χ2v) is 6.88. The fourth-order valence-corrected chi connectivity index (χ4v) is 3.21. The molecule has 0 spiro atoms. The molecule has 0 bridgehead atoms. The molecule has 1 aromatic rings. The Morgan fingerprint density at radius 3 is 2.84 bits per heavy atom. The van der Waals surface area contributed by atoms with Crippen molar-refractivity contribution in [2.75, 3.05) is 39.8 Å². The number of hydrogen-bond acceptors (Lipinski definition) is 4. The van der Waals surface area contributed by atoms with Gasteiger partial charge in [-0.15, -0.1) is 0 Å². The monoisotopic (exact) mass is 347 g/mol. The molecule has 2 rings (SSSR count). The number of hydrogen-bond donors (Lipinski definition) is 2. The Bertz CT molecular complexity index is 513. The quantitative estimate of drug-likeness (QED) is 0.682. The number of piperidine rings is 1. The van der Waals surface area contributed by atoms with Gasteiger partial charge in [-0.05, 0) is 76.0 Å². The van der Waals surface area contributed by atoms with Crippen molar-refractivity contribution < 1.29 is 9.53 Å². The first-order valence-electron chi connectivity index (χ1n) is 9.56. The molecule has 1 aliphatic heterocycles. The molecule has 0 saturated carbocycles. The van der Waals surface area contributed by atoms with Gasteiger partial charge in [0.2, 0.25) is 5.91 Å². The Labute approximate surface area is 152 Å². The minimum Gasteiger partial charge on any atom is -0.494 e. The zero-order valence-corrected chi connectivity index (χ0v) is 15.7. The first-order chi connectivity index (χ1) is 12.2. The van der Waals surface area contributed by atoms with Crippen LogP contribution in [-0.4, -0.2) is 50.6 Å². The molecule has 5 nitrogen and oxygen atoms in total. The van der Waals surface area contributed by atoms with Gasteiger partial charge < -0.3 is 15.4 Å². The molecular formula is C20H33N3O2. The zero-order valence-electron chi connectivity index (χ0n) is 15.7. The zero-order chi connectivity index (χ0) is 17.9. The van der Waals surface area contributed by atoms with Crippen molar-refractivity contribution in [2.24, 2.45) is 5.92 Å². The molecular weight excluding hydrogens is 314 g/mol. The number of benzene rings is 1. The topological polar surface area (TPSA) is 53.6 Å². The second-order valence-electron chi connectivity index (χ2n) is 6.88. The van der Waals surface area contributed by atoms with Gasteiger partial charge in [0.25, 0.3) is 0 Å². The van der Waals surface area contributed by atoms with Crippen LogP contribution in [0.25, 0.3) is 0 Å². The molecule has 1 aromatic carbocycles. The first kappa shape index (κ1) is 19.7. The normalized spacial score (nSPS) is 15.9. The van der Waals surface area contributed by atoms with Gasteiger partial charge >= 0.3 is 0 Å². The van der Waals surface area contributed by atoms with Crippen molar-refractivity contribution in [1.29, 1.82) is 0 Å². The molecule has 1 fully saturated rings. The molecule has 1 heterocycles. The number of nitrogens with zero attached hydrogens (tertiary/aromatic N) is 1. The molecule has 2 N–H and O–H groups in total. The smallest absolute Gasteiger partial charge is 0.234 e. The molecule has 1 saturated heterocycles. The molecule has 0 atom stereocenters. The predicted octanol–water partition coefficient (Wildman–Crippen LogP) is 2.41. The van der Waals surface area contributed by atoms with Crippen LogP contribution >= 0.6 is 0 Å². The lowest BCUT2D eigenvalue weighted by atomic mass is 9.93. The molecule has 1 aliphatic rings. The van der Waals surface area contributed by atoms with Crippen LogP contribution in [0.15, 0.2) is 24.3 Å². The Hall–Kier alpha value is -1.59. The van der Waals surface area contributed by atoms with Crippen molar-refractivity contribution in [3.63, 3.8) is 0 Å². The minimum atomic E-state index is 0.105. The summed E-state index contributed by atoms with van der Waals surface area (Å²) in [6.07, 6.45) is 4.64. The number of carbonyl (C=O) groups is 1. The summed E-state index contributed by atoms with van der Waals surface area (Å²) in [5, 5.41) is 6.25. The Balaban J connectivity index is 1.67. The highest BCUT2D eigenvalue weighted by Gasteiger charge is 2.20. The van der Waals surface area contributed by atoms with Gasteiger partial charge in [-0.25, -0.2) is 0 Å². The van der Waals surface area contributed by atoms with Crippen molar-refractivity contribution in [2.45, 2.75) is 39.2 Å². The summed E-state index contributed by atoms with van der Waals surface area (Å²) in [6, 6.07) is 7.96. The largest absolute Gasteiger partial charge is 0.494 e. The lowest BCUT2D eigenvalue weighted by molar-refractivity contribution is -0.122. The summed E-state index contributed by atoms with van der Waals surface area (Å²) in [6.45, 7) is 7.02. The number of rotatable bonds is 10. The SMILES string of the molecule is CCCOc1cccc(CNC(=O)CN2CCC(CCNC)CC2)c1. The average molecular weight is 348 g/mol. The Kier molecular flexibility index (Phi) is 8.77. The third-order valence-electron chi connectivity index (χ3n) is 4.74. The van der Waals surface area contributed by atoms with Gasteiger partial charge in [-0.3, -0.25) is 9.69 Å². The van der Waals surface area contributed by atoms with Gasteiger partial charge in [-0.2, -0.15) is 0 Å². The molecule has 1 amide bonds. The van der Waals surface area contributed by atoms with Gasteiger partial charge in [0, 0.05) is 6.54 Å². The van der Waals surface area contributed by atoms with Gasteiger partial charge in [0.1, 0.15) is 5.75 Å². The van der Waals surface area contributed by atoms with Crippen LogP contribution in [0.5, 0.6) is 5.75 Å². The van der Waals surface area contributed by atoms with E-state index in [4.69, 9.17) is 4.74 Å². The summed E-state index contributed by atoms with van der Waals surface area (Å²) in [4.78, 5) is 14.5. The summed E-state index contributed by atoms with van der Waals surface area (Å²) in [5.74, 6) is 1.78. The van der Waals surface area contributed by atoms with Gasteiger partial charge in [-0.1, -0.05) is 19.1 Å². The van der Waals surface area contributed by atoms with Crippen LogP contribution in [0.3, 0.4) is 0 Å². The minimum absolute atomic E-state index is 0.105. The summed E-state index contributed by atoms with van der Waals surface area (Å²) >= 11 is 0. The summed E-state index contributed by atoms with van der Waals surface area (Å²) < 4.78 is 5.64. The lowest BCUT2D eigenvalue weighted by Gasteiger charge is -2.31. The van der Waals surface area contributed by atoms with Crippen molar-refractivity contribution in [3.05, 3.63) is 29.8 Å². The predicted molar refractivity (Wildman–Crippen MR) is 102 cm³/mol.